The van der Waals surface area contributed by atoms with Gasteiger partial charge in [-0.1, -0.05) is 42.5 Å². The van der Waals surface area contributed by atoms with Crippen LogP contribution in [0.15, 0.2) is 42.5 Å². The summed E-state index contributed by atoms with van der Waals surface area (Å²) in [5, 5.41) is 12.1. The number of ether oxygens (including phenoxy) is 1. The average Bonchev–Trinajstić information content (AvgIpc) is 2.65. The van der Waals surface area contributed by atoms with Crippen molar-refractivity contribution in [2.75, 3.05) is 0 Å². The number of terminal acetylenes is 2. The van der Waals surface area contributed by atoms with E-state index in [0.29, 0.717) is 12.8 Å². The monoisotopic (exact) mass is 355 g/mol. The van der Waals surface area contributed by atoms with Gasteiger partial charge >= 0.3 is 6.09 Å². The Morgan fingerprint density at radius 3 is 2.46 bits per heavy atom. The second-order valence-electron chi connectivity index (χ2n) is 5.61. The zero-order valence-corrected chi connectivity index (χ0v) is 15.7. The summed E-state index contributed by atoms with van der Waals surface area (Å²) in [4.78, 5) is 11.6. The molecule has 0 saturated heterocycles. The molecule has 0 bridgehead atoms. The highest BCUT2D eigenvalue weighted by atomic mass is 16.5. The molecule has 0 spiro atoms. The Bertz CT molecular complexity index is 594. The van der Waals surface area contributed by atoms with E-state index in [-0.39, 0.29) is 12.6 Å². The molecule has 0 saturated carbocycles. The van der Waals surface area contributed by atoms with Gasteiger partial charge in [0.1, 0.15) is 6.61 Å². The van der Waals surface area contributed by atoms with E-state index >= 15 is 0 Å². The zero-order chi connectivity index (χ0) is 19.6. The van der Waals surface area contributed by atoms with Gasteiger partial charge in [0.25, 0.3) is 0 Å². The second kappa shape index (κ2) is 15.8. The number of aliphatic hydroxyl groups excluding tert-OH is 1. The van der Waals surface area contributed by atoms with Gasteiger partial charge in [-0.2, -0.15) is 0 Å². The Kier molecular flexibility index (Phi) is 14.2. The van der Waals surface area contributed by atoms with E-state index in [0.717, 1.165) is 18.4 Å². The maximum absolute atomic E-state index is 11.6. The Morgan fingerprint density at radius 2 is 1.92 bits per heavy atom. The first-order valence-electron chi connectivity index (χ1n) is 8.68. The predicted octanol–water partition coefficient (Wildman–Crippen LogP) is 4.05. The minimum Gasteiger partial charge on any atom is -0.445 e. The molecule has 26 heavy (non-hydrogen) atoms. The molecule has 4 nitrogen and oxygen atoms in total. The van der Waals surface area contributed by atoms with Crippen molar-refractivity contribution in [3.05, 3.63) is 48.0 Å². The van der Waals surface area contributed by atoms with Gasteiger partial charge < -0.3 is 15.2 Å². The first kappa shape index (κ1) is 23.3. The van der Waals surface area contributed by atoms with Crippen molar-refractivity contribution >= 4 is 6.09 Å². The normalized spacial score (nSPS) is 12.0. The SMILES string of the molecule is C#CCC/C=C/C.C#CCC[C@H](NC(=O)OCc1ccccc1)[C@H](C)O. The molecule has 1 rings (SSSR count). The lowest BCUT2D eigenvalue weighted by Gasteiger charge is -2.20. The number of allylic oxidation sites excluding steroid dienone is 2. The van der Waals surface area contributed by atoms with Gasteiger partial charge in [0.05, 0.1) is 12.1 Å². The van der Waals surface area contributed by atoms with Gasteiger partial charge in [-0.3, -0.25) is 0 Å². The van der Waals surface area contributed by atoms with Gasteiger partial charge in [-0.15, -0.1) is 24.7 Å². The maximum Gasteiger partial charge on any atom is 0.407 e. The number of hydrogen-bond donors (Lipinski definition) is 2. The minimum atomic E-state index is -0.669. The third-order valence-electron chi connectivity index (χ3n) is 3.39. The molecule has 0 unspecified atom stereocenters. The summed E-state index contributed by atoms with van der Waals surface area (Å²) in [6.07, 6.45) is 15.9. The second-order valence-corrected chi connectivity index (χ2v) is 5.61. The molecule has 1 aromatic rings. The van der Waals surface area contributed by atoms with Crippen molar-refractivity contribution in [1.82, 2.24) is 5.32 Å². The van der Waals surface area contributed by atoms with Crippen LogP contribution in [0.2, 0.25) is 0 Å². The van der Waals surface area contributed by atoms with Gasteiger partial charge in [-0.25, -0.2) is 4.79 Å². The van der Waals surface area contributed by atoms with Crippen LogP contribution in [-0.4, -0.2) is 23.3 Å². The number of amides is 1. The summed E-state index contributed by atoms with van der Waals surface area (Å²) in [6, 6.07) is 9.01. The van der Waals surface area contributed by atoms with Crippen molar-refractivity contribution in [3.63, 3.8) is 0 Å². The highest BCUT2D eigenvalue weighted by molar-refractivity contribution is 5.67. The molecule has 0 radical (unpaired) electrons. The topological polar surface area (TPSA) is 58.6 Å². The maximum atomic E-state index is 11.6. The van der Waals surface area contributed by atoms with Crippen molar-refractivity contribution < 1.29 is 14.6 Å². The highest BCUT2D eigenvalue weighted by Crippen LogP contribution is 2.04. The molecule has 0 aromatic heterocycles. The van der Waals surface area contributed by atoms with E-state index in [4.69, 9.17) is 17.6 Å². The zero-order valence-electron chi connectivity index (χ0n) is 15.7. The standard InChI is InChI=1S/C15H19NO3.C7H10/c1-3-4-10-14(12(2)17)16-15(18)19-11-13-8-6-5-7-9-13;1-3-5-7-6-4-2/h1,5-9,12,14,17H,4,10-11H2,2H3,(H,16,18);1,4,6H,5,7H2,2H3/b;6-4+/t12-,14-;/m0./s1. The fourth-order valence-electron chi connectivity index (χ4n) is 1.92. The van der Waals surface area contributed by atoms with E-state index < -0.39 is 12.2 Å². The summed E-state index contributed by atoms with van der Waals surface area (Å²) in [5.74, 6) is 5.03. The lowest BCUT2D eigenvalue weighted by atomic mass is 10.1. The number of unbranched alkanes of at least 4 members (excludes halogenated alkanes) is 1. The number of alkyl carbamates (subject to hydrolysis) is 1. The predicted molar refractivity (Wildman–Crippen MR) is 106 cm³/mol. The quantitative estimate of drug-likeness (QED) is 0.420. The third-order valence-corrected chi connectivity index (χ3v) is 3.39. The van der Waals surface area contributed by atoms with Crippen LogP contribution < -0.4 is 5.32 Å². The van der Waals surface area contributed by atoms with Crippen LogP contribution >= 0.6 is 0 Å². The summed E-state index contributed by atoms with van der Waals surface area (Å²) < 4.78 is 5.08. The number of rotatable bonds is 8. The number of hydrogen-bond acceptors (Lipinski definition) is 3. The molecule has 2 atom stereocenters. The molecule has 0 aliphatic heterocycles. The summed E-state index contributed by atoms with van der Waals surface area (Å²) >= 11 is 0. The van der Waals surface area contributed by atoms with Crippen LogP contribution in [0.25, 0.3) is 0 Å². The fourth-order valence-corrected chi connectivity index (χ4v) is 1.92. The van der Waals surface area contributed by atoms with E-state index in [1.807, 2.05) is 43.3 Å². The van der Waals surface area contributed by atoms with Crippen molar-refractivity contribution in [3.8, 4) is 24.7 Å². The molecule has 0 fully saturated rings. The Morgan fingerprint density at radius 1 is 1.27 bits per heavy atom. The van der Waals surface area contributed by atoms with Crippen molar-refractivity contribution in [2.45, 2.75) is 58.3 Å². The Hall–Kier alpha value is -2.69. The van der Waals surface area contributed by atoms with Gasteiger partial charge in [0.2, 0.25) is 0 Å². The number of carbonyl (C=O) groups excluding carboxylic acids is 1. The van der Waals surface area contributed by atoms with Crippen molar-refractivity contribution in [2.24, 2.45) is 0 Å². The van der Waals surface area contributed by atoms with E-state index in [9.17, 15) is 9.90 Å². The molecule has 1 amide bonds. The molecular formula is C22H29NO3. The van der Waals surface area contributed by atoms with Gasteiger partial charge in [0.15, 0.2) is 0 Å². The number of nitrogens with one attached hydrogen (secondary N) is 1. The first-order valence-corrected chi connectivity index (χ1v) is 8.68. The lowest BCUT2D eigenvalue weighted by molar-refractivity contribution is 0.107. The molecule has 2 N–H and O–H groups in total. The number of carbonyl (C=O) groups is 1. The van der Waals surface area contributed by atoms with Crippen LogP contribution in [0.5, 0.6) is 0 Å². The molecule has 0 aliphatic rings. The minimum absolute atomic E-state index is 0.203. The smallest absolute Gasteiger partial charge is 0.407 e. The van der Waals surface area contributed by atoms with Crippen LogP contribution in [0.1, 0.15) is 45.1 Å². The van der Waals surface area contributed by atoms with Crippen LogP contribution in [0, 0.1) is 24.7 Å². The molecule has 140 valence electrons. The summed E-state index contributed by atoms with van der Waals surface area (Å²) in [6.45, 7) is 3.81. The third kappa shape index (κ3) is 12.7. The Balaban J connectivity index is 0.000000758. The van der Waals surface area contributed by atoms with E-state index in [2.05, 4.69) is 23.2 Å². The first-order chi connectivity index (χ1) is 12.5. The lowest BCUT2D eigenvalue weighted by Crippen LogP contribution is -2.42. The number of aliphatic hydroxyl groups is 1. The van der Waals surface area contributed by atoms with Crippen molar-refractivity contribution in [1.29, 1.82) is 0 Å². The van der Waals surface area contributed by atoms with Crippen LogP contribution in [0.3, 0.4) is 0 Å². The van der Waals surface area contributed by atoms with E-state index in [1.54, 1.807) is 6.92 Å². The molecule has 0 heterocycles. The molecule has 0 aliphatic carbocycles. The summed E-state index contributed by atoms with van der Waals surface area (Å²) in [7, 11) is 0. The van der Waals surface area contributed by atoms with Crippen LogP contribution in [0.4, 0.5) is 4.79 Å². The largest absolute Gasteiger partial charge is 0.445 e. The average molecular weight is 355 g/mol. The molecule has 4 heteroatoms. The molecule has 1 aromatic carbocycles. The number of benzene rings is 1. The van der Waals surface area contributed by atoms with Gasteiger partial charge in [0, 0.05) is 12.8 Å². The van der Waals surface area contributed by atoms with Crippen LogP contribution in [-0.2, 0) is 11.3 Å². The highest BCUT2D eigenvalue weighted by Gasteiger charge is 2.17. The fraction of sp³-hybridized carbons (Fsp3) is 0.409. The van der Waals surface area contributed by atoms with Gasteiger partial charge in [-0.05, 0) is 32.3 Å². The summed E-state index contributed by atoms with van der Waals surface area (Å²) in [5.41, 5.74) is 0.912. The van der Waals surface area contributed by atoms with E-state index in [1.165, 1.54) is 0 Å². The Labute approximate surface area is 157 Å². The molecular weight excluding hydrogens is 326 g/mol.